The maximum absolute atomic E-state index is 11.0. The van der Waals surface area contributed by atoms with Gasteiger partial charge in [0.2, 0.25) is 0 Å². The Bertz CT molecular complexity index is 405. The Hall–Kier alpha value is -1.55. The molecule has 1 atom stereocenters. The molecule has 1 unspecified atom stereocenters. The van der Waals surface area contributed by atoms with Crippen LogP contribution in [0.1, 0.15) is 29.9 Å². The van der Waals surface area contributed by atoms with Crippen LogP contribution in [-0.4, -0.2) is 34.3 Å². The lowest BCUT2D eigenvalue weighted by Gasteiger charge is -2.31. The second kappa shape index (κ2) is 5.19. The summed E-state index contributed by atoms with van der Waals surface area (Å²) in [6.07, 6.45) is 1.02. The van der Waals surface area contributed by atoms with E-state index in [0.29, 0.717) is 13.1 Å². The van der Waals surface area contributed by atoms with Crippen molar-refractivity contribution in [3.8, 4) is 0 Å². The summed E-state index contributed by atoms with van der Waals surface area (Å²) in [6, 6.07) is 7.72. The second-order valence-corrected chi connectivity index (χ2v) is 4.42. The normalized spacial score (nSPS) is 20.3. The standard InChI is InChI=1S/C13H17NO3/c15-9-11-4-1-2-6-12(11)10-5-3-7-14(8-10)13(16)17/h1-2,4,6,10,15H,3,5,7-9H2,(H,16,17). The van der Waals surface area contributed by atoms with Crippen LogP contribution in [-0.2, 0) is 6.61 Å². The molecule has 0 radical (unpaired) electrons. The summed E-state index contributed by atoms with van der Waals surface area (Å²) in [5, 5.41) is 18.3. The third-order valence-electron chi connectivity index (χ3n) is 3.36. The first-order valence-electron chi connectivity index (χ1n) is 5.89. The zero-order chi connectivity index (χ0) is 12.3. The molecule has 2 N–H and O–H groups in total. The van der Waals surface area contributed by atoms with Gasteiger partial charge in [-0.2, -0.15) is 0 Å². The summed E-state index contributed by atoms with van der Waals surface area (Å²) in [4.78, 5) is 12.4. The van der Waals surface area contributed by atoms with Crippen molar-refractivity contribution in [1.29, 1.82) is 0 Å². The molecule has 1 fully saturated rings. The van der Waals surface area contributed by atoms with Crippen molar-refractivity contribution < 1.29 is 15.0 Å². The molecular formula is C13H17NO3. The van der Waals surface area contributed by atoms with Crippen molar-refractivity contribution in [2.75, 3.05) is 13.1 Å². The maximum Gasteiger partial charge on any atom is 0.407 e. The summed E-state index contributed by atoms with van der Waals surface area (Å²) in [6.45, 7) is 1.17. The number of benzene rings is 1. The monoisotopic (exact) mass is 235 g/mol. The fourth-order valence-corrected chi connectivity index (χ4v) is 2.48. The van der Waals surface area contributed by atoms with Gasteiger partial charge in [0.1, 0.15) is 0 Å². The van der Waals surface area contributed by atoms with E-state index in [-0.39, 0.29) is 12.5 Å². The van der Waals surface area contributed by atoms with Gasteiger partial charge in [0, 0.05) is 19.0 Å². The highest BCUT2D eigenvalue weighted by Gasteiger charge is 2.25. The maximum atomic E-state index is 11.0. The zero-order valence-electron chi connectivity index (χ0n) is 9.67. The molecule has 4 nitrogen and oxygen atoms in total. The molecule has 2 rings (SSSR count). The average molecular weight is 235 g/mol. The van der Waals surface area contributed by atoms with Crippen LogP contribution < -0.4 is 0 Å². The second-order valence-electron chi connectivity index (χ2n) is 4.42. The lowest BCUT2D eigenvalue weighted by Crippen LogP contribution is -2.38. The van der Waals surface area contributed by atoms with Crippen molar-refractivity contribution in [1.82, 2.24) is 4.90 Å². The molecule has 1 aromatic rings. The van der Waals surface area contributed by atoms with Crippen LogP contribution in [0.2, 0.25) is 0 Å². The number of aliphatic hydroxyl groups is 1. The Morgan fingerprint density at radius 3 is 2.88 bits per heavy atom. The lowest BCUT2D eigenvalue weighted by molar-refractivity contribution is 0.130. The van der Waals surface area contributed by atoms with E-state index in [9.17, 15) is 9.90 Å². The number of hydrogen-bond acceptors (Lipinski definition) is 2. The molecule has 1 aliphatic heterocycles. The Labute approximate surface area is 100 Å². The van der Waals surface area contributed by atoms with Gasteiger partial charge in [0.05, 0.1) is 6.61 Å². The van der Waals surface area contributed by atoms with E-state index in [4.69, 9.17) is 5.11 Å². The van der Waals surface area contributed by atoms with E-state index in [1.54, 1.807) is 0 Å². The van der Waals surface area contributed by atoms with E-state index in [1.165, 1.54) is 4.90 Å². The van der Waals surface area contributed by atoms with Gasteiger partial charge in [-0.15, -0.1) is 0 Å². The first-order chi connectivity index (χ1) is 8.22. The lowest BCUT2D eigenvalue weighted by atomic mass is 9.88. The highest BCUT2D eigenvalue weighted by Crippen LogP contribution is 2.29. The number of hydrogen-bond donors (Lipinski definition) is 2. The molecule has 17 heavy (non-hydrogen) atoms. The van der Waals surface area contributed by atoms with Crippen LogP contribution in [0, 0.1) is 0 Å². The van der Waals surface area contributed by atoms with Gasteiger partial charge in [-0.1, -0.05) is 24.3 Å². The number of carbonyl (C=O) groups is 1. The number of likely N-dealkylation sites (tertiary alicyclic amines) is 1. The molecule has 92 valence electrons. The molecule has 0 saturated carbocycles. The average Bonchev–Trinajstić information content (AvgIpc) is 2.39. The van der Waals surface area contributed by atoms with Gasteiger partial charge >= 0.3 is 6.09 Å². The molecule has 0 spiro atoms. The van der Waals surface area contributed by atoms with Crippen molar-refractivity contribution in [2.24, 2.45) is 0 Å². The fraction of sp³-hybridized carbons (Fsp3) is 0.462. The van der Waals surface area contributed by atoms with E-state index in [0.717, 1.165) is 24.0 Å². The van der Waals surface area contributed by atoms with Crippen LogP contribution in [0.15, 0.2) is 24.3 Å². The van der Waals surface area contributed by atoms with Crippen molar-refractivity contribution in [3.05, 3.63) is 35.4 Å². The minimum Gasteiger partial charge on any atom is -0.465 e. The first-order valence-corrected chi connectivity index (χ1v) is 5.89. The summed E-state index contributed by atoms with van der Waals surface area (Å²) in [5.74, 6) is 0.211. The zero-order valence-corrected chi connectivity index (χ0v) is 9.67. The van der Waals surface area contributed by atoms with E-state index >= 15 is 0 Å². The summed E-state index contributed by atoms with van der Waals surface area (Å²) in [7, 11) is 0. The molecule has 1 aromatic carbocycles. The summed E-state index contributed by atoms with van der Waals surface area (Å²) >= 11 is 0. The Kier molecular flexibility index (Phi) is 3.64. The highest BCUT2D eigenvalue weighted by molar-refractivity contribution is 5.65. The Morgan fingerprint density at radius 1 is 1.41 bits per heavy atom. The number of rotatable bonds is 2. The predicted molar refractivity (Wildman–Crippen MR) is 63.9 cm³/mol. The summed E-state index contributed by atoms with van der Waals surface area (Å²) < 4.78 is 0. The number of nitrogens with zero attached hydrogens (tertiary/aromatic N) is 1. The molecular weight excluding hydrogens is 218 g/mol. The van der Waals surface area contributed by atoms with Crippen LogP contribution in [0.5, 0.6) is 0 Å². The first kappa shape index (κ1) is 11.9. The largest absolute Gasteiger partial charge is 0.465 e. The van der Waals surface area contributed by atoms with E-state index in [2.05, 4.69) is 0 Å². The minimum atomic E-state index is -0.851. The van der Waals surface area contributed by atoms with Gasteiger partial charge < -0.3 is 15.1 Å². The van der Waals surface area contributed by atoms with Crippen LogP contribution in [0.3, 0.4) is 0 Å². The van der Waals surface area contributed by atoms with Crippen molar-refractivity contribution in [2.45, 2.75) is 25.4 Å². The predicted octanol–water partition coefficient (Wildman–Crippen LogP) is 2.04. The molecule has 1 aliphatic rings. The molecule has 4 heteroatoms. The highest BCUT2D eigenvalue weighted by atomic mass is 16.4. The molecule has 1 amide bonds. The SMILES string of the molecule is O=C(O)N1CCCC(c2ccccc2CO)C1. The quantitative estimate of drug-likeness (QED) is 0.824. The number of carboxylic acid groups (broad SMARTS) is 1. The van der Waals surface area contributed by atoms with Gasteiger partial charge in [-0.3, -0.25) is 0 Å². The number of amides is 1. The van der Waals surface area contributed by atoms with E-state index in [1.807, 2.05) is 24.3 Å². The van der Waals surface area contributed by atoms with Crippen molar-refractivity contribution >= 4 is 6.09 Å². The summed E-state index contributed by atoms with van der Waals surface area (Å²) in [5.41, 5.74) is 1.99. The molecule has 0 bridgehead atoms. The Morgan fingerprint density at radius 2 is 2.18 bits per heavy atom. The fourth-order valence-electron chi connectivity index (χ4n) is 2.48. The Balaban J connectivity index is 2.18. The van der Waals surface area contributed by atoms with Crippen LogP contribution in [0.4, 0.5) is 4.79 Å². The third-order valence-corrected chi connectivity index (χ3v) is 3.36. The molecule has 0 aromatic heterocycles. The minimum absolute atomic E-state index is 0.0136. The van der Waals surface area contributed by atoms with Gasteiger partial charge in [0.25, 0.3) is 0 Å². The van der Waals surface area contributed by atoms with E-state index < -0.39 is 6.09 Å². The van der Waals surface area contributed by atoms with Crippen molar-refractivity contribution in [3.63, 3.8) is 0 Å². The molecule has 1 heterocycles. The van der Waals surface area contributed by atoms with Crippen LogP contribution >= 0.6 is 0 Å². The van der Waals surface area contributed by atoms with Crippen LogP contribution in [0.25, 0.3) is 0 Å². The smallest absolute Gasteiger partial charge is 0.407 e. The van der Waals surface area contributed by atoms with Gasteiger partial charge in [-0.05, 0) is 24.0 Å². The molecule has 0 aliphatic carbocycles. The number of piperidine rings is 1. The van der Waals surface area contributed by atoms with Gasteiger partial charge in [-0.25, -0.2) is 4.79 Å². The molecule has 1 saturated heterocycles. The third kappa shape index (κ3) is 2.58. The van der Waals surface area contributed by atoms with Gasteiger partial charge in [0.15, 0.2) is 0 Å². The topological polar surface area (TPSA) is 60.8 Å². The number of aliphatic hydroxyl groups excluding tert-OH is 1.